The topological polar surface area (TPSA) is 87.6 Å². The molecule has 4 aromatic rings. The van der Waals surface area contributed by atoms with Crippen LogP contribution in [0, 0.1) is 11.3 Å². The van der Waals surface area contributed by atoms with Gasteiger partial charge in [0.05, 0.1) is 23.2 Å². The summed E-state index contributed by atoms with van der Waals surface area (Å²) in [6.45, 7) is 0. The number of benzene rings is 2. The van der Waals surface area contributed by atoms with Crippen molar-refractivity contribution >= 4 is 38.2 Å². The molecule has 0 spiro atoms. The number of anilines is 3. The van der Waals surface area contributed by atoms with Gasteiger partial charge >= 0.3 is 0 Å². The van der Waals surface area contributed by atoms with Crippen molar-refractivity contribution in [3.63, 3.8) is 0 Å². The lowest BCUT2D eigenvalue weighted by Gasteiger charge is -2.07. The second-order valence-electron chi connectivity index (χ2n) is 6.21. The van der Waals surface area contributed by atoms with Crippen LogP contribution in [0.2, 0.25) is 0 Å². The molecule has 2 aromatic heterocycles. The Hall–Kier alpha value is -3.43. The van der Waals surface area contributed by atoms with Gasteiger partial charge in [0.25, 0.3) is 0 Å². The highest BCUT2D eigenvalue weighted by Gasteiger charge is 2.07. The predicted molar refractivity (Wildman–Crippen MR) is 110 cm³/mol. The number of hydrogen-bond donors (Lipinski definition) is 2. The number of nitrogens with two attached hydrogens (primary N) is 1. The molecule has 6 heteroatoms. The molecule has 0 fully saturated rings. The molecule has 0 aliphatic rings. The van der Waals surface area contributed by atoms with Crippen LogP contribution in [0.15, 0.2) is 60.7 Å². The summed E-state index contributed by atoms with van der Waals surface area (Å²) >= 11 is 1.63. The SMILES string of the molecule is N#CCc1ccc2cc(Nc3cc(Cc4ccccc4)nc(N)n3)sc2c1. The number of nitrogens with one attached hydrogen (secondary N) is 1. The Bertz CT molecular complexity index is 1130. The lowest BCUT2D eigenvalue weighted by Crippen LogP contribution is -2.03. The number of fused-ring (bicyclic) bond motifs is 1. The third kappa shape index (κ3) is 4.05. The quantitative estimate of drug-likeness (QED) is 0.532. The summed E-state index contributed by atoms with van der Waals surface area (Å²) in [5, 5.41) is 14.3. The van der Waals surface area contributed by atoms with E-state index < -0.39 is 0 Å². The van der Waals surface area contributed by atoms with Crippen molar-refractivity contribution in [3.8, 4) is 6.07 Å². The predicted octanol–water partition coefficient (Wildman–Crippen LogP) is 4.67. The van der Waals surface area contributed by atoms with Crippen LogP contribution in [0.1, 0.15) is 16.8 Å². The first-order valence-electron chi connectivity index (χ1n) is 8.53. The van der Waals surface area contributed by atoms with E-state index in [2.05, 4.69) is 45.6 Å². The van der Waals surface area contributed by atoms with Crippen LogP contribution in [-0.4, -0.2) is 9.97 Å². The van der Waals surface area contributed by atoms with Gasteiger partial charge in [0.1, 0.15) is 5.82 Å². The molecule has 0 unspecified atom stereocenters. The first-order chi connectivity index (χ1) is 13.2. The zero-order chi connectivity index (χ0) is 18.6. The first kappa shape index (κ1) is 17.0. The third-order valence-corrected chi connectivity index (χ3v) is 5.16. The summed E-state index contributed by atoms with van der Waals surface area (Å²) in [5.74, 6) is 0.931. The normalized spacial score (nSPS) is 10.6. The van der Waals surface area contributed by atoms with Gasteiger partial charge in [-0.25, -0.2) is 4.98 Å². The highest BCUT2D eigenvalue weighted by atomic mass is 32.1. The van der Waals surface area contributed by atoms with E-state index in [4.69, 9.17) is 11.0 Å². The van der Waals surface area contributed by atoms with Gasteiger partial charge in [0.2, 0.25) is 5.95 Å². The Morgan fingerprint density at radius 3 is 2.67 bits per heavy atom. The standard InChI is InChI=1S/C21H17N5S/c22-9-8-15-6-7-16-12-20(27-18(16)11-15)25-19-13-17(24-21(23)26-19)10-14-4-2-1-3-5-14/h1-7,11-13H,8,10H2,(H3,23,24,25,26). The van der Waals surface area contributed by atoms with Crippen molar-refractivity contribution < 1.29 is 0 Å². The van der Waals surface area contributed by atoms with Crippen LogP contribution in [-0.2, 0) is 12.8 Å². The monoisotopic (exact) mass is 371 g/mol. The molecule has 0 amide bonds. The molecule has 2 aromatic carbocycles. The van der Waals surface area contributed by atoms with E-state index >= 15 is 0 Å². The summed E-state index contributed by atoms with van der Waals surface area (Å²) in [4.78, 5) is 8.65. The van der Waals surface area contributed by atoms with Crippen molar-refractivity contribution in [2.24, 2.45) is 0 Å². The minimum atomic E-state index is 0.253. The average Bonchev–Trinajstić information content (AvgIpc) is 3.04. The van der Waals surface area contributed by atoms with Crippen LogP contribution in [0.25, 0.3) is 10.1 Å². The van der Waals surface area contributed by atoms with E-state index in [-0.39, 0.29) is 5.95 Å². The summed E-state index contributed by atoms with van der Waals surface area (Å²) in [6.07, 6.45) is 1.12. The highest BCUT2D eigenvalue weighted by molar-refractivity contribution is 7.22. The lowest BCUT2D eigenvalue weighted by atomic mass is 10.1. The maximum Gasteiger partial charge on any atom is 0.222 e. The number of nitrogen functional groups attached to an aromatic ring is 1. The molecule has 27 heavy (non-hydrogen) atoms. The Labute approximate surface area is 161 Å². The van der Waals surface area contributed by atoms with Gasteiger partial charge in [0, 0.05) is 17.2 Å². The molecular formula is C21H17N5S. The molecule has 132 valence electrons. The molecule has 0 saturated carbocycles. The molecule has 0 bridgehead atoms. The van der Waals surface area contributed by atoms with Gasteiger partial charge in [-0.05, 0) is 28.6 Å². The summed E-state index contributed by atoms with van der Waals surface area (Å²) < 4.78 is 1.14. The number of nitrogens with zero attached hydrogens (tertiary/aromatic N) is 3. The van der Waals surface area contributed by atoms with Crippen LogP contribution in [0.4, 0.5) is 16.8 Å². The molecule has 2 heterocycles. The average molecular weight is 371 g/mol. The van der Waals surface area contributed by atoms with E-state index in [1.807, 2.05) is 36.4 Å². The maximum absolute atomic E-state index is 8.86. The van der Waals surface area contributed by atoms with E-state index in [1.165, 1.54) is 5.56 Å². The molecule has 0 radical (unpaired) electrons. The summed E-state index contributed by atoms with van der Waals surface area (Å²) in [7, 11) is 0. The molecule has 0 atom stereocenters. The van der Waals surface area contributed by atoms with Crippen LogP contribution < -0.4 is 11.1 Å². The Morgan fingerprint density at radius 2 is 1.85 bits per heavy atom. The largest absolute Gasteiger partial charge is 0.368 e. The van der Waals surface area contributed by atoms with Gasteiger partial charge in [-0.1, -0.05) is 42.5 Å². The lowest BCUT2D eigenvalue weighted by molar-refractivity contribution is 1.04. The van der Waals surface area contributed by atoms with Crippen molar-refractivity contribution in [2.45, 2.75) is 12.8 Å². The van der Waals surface area contributed by atoms with Crippen molar-refractivity contribution in [1.29, 1.82) is 5.26 Å². The van der Waals surface area contributed by atoms with Crippen molar-refractivity contribution in [2.75, 3.05) is 11.1 Å². The van der Waals surface area contributed by atoms with Gasteiger partial charge in [-0.15, -0.1) is 11.3 Å². The molecule has 4 rings (SSSR count). The zero-order valence-electron chi connectivity index (χ0n) is 14.5. The molecular weight excluding hydrogens is 354 g/mol. The van der Waals surface area contributed by atoms with Gasteiger partial charge in [-0.2, -0.15) is 10.2 Å². The van der Waals surface area contributed by atoms with E-state index in [9.17, 15) is 0 Å². The third-order valence-electron chi connectivity index (χ3n) is 4.14. The van der Waals surface area contributed by atoms with Gasteiger partial charge < -0.3 is 11.1 Å². The maximum atomic E-state index is 8.86. The smallest absolute Gasteiger partial charge is 0.222 e. The molecule has 0 saturated heterocycles. The number of hydrogen-bond acceptors (Lipinski definition) is 6. The fraction of sp³-hybridized carbons (Fsp3) is 0.0952. The number of thiophene rings is 1. The van der Waals surface area contributed by atoms with Gasteiger partial charge in [0.15, 0.2) is 0 Å². The molecule has 0 aliphatic carbocycles. The molecule has 3 N–H and O–H groups in total. The second kappa shape index (κ2) is 7.44. The number of rotatable bonds is 5. The minimum absolute atomic E-state index is 0.253. The summed E-state index contributed by atoms with van der Waals surface area (Å²) in [5.41, 5.74) is 8.97. The zero-order valence-corrected chi connectivity index (χ0v) is 15.3. The van der Waals surface area contributed by atoms with Crippen LogP contribution >= 0.6 is 11.3 Å². The Kier molecular flexibility index (Phi) is 4.69. The van der Waals surface area contributed by atoms with Crippen molar-refractivity contribution in [3.05, 3.63) is 77.5 Å². The first-order valence-corrected chi connectivity index (χ1v) is 9.35. The van der Waals surface area contributed by atoms with Crippen LogP contribution in [0.5, 0.6) is 0 Å². The van der Waals surface area contributed by atoms with Gasteiger partial charge in [-0.3, -0.25) is 0 Å². The minimum Gasteiger partial charge on any atom is -0.368 e. The number of aromatic nitrogens is 2. The number of nitriles is 1. The molecule has 0 aliphatic heterocycles. The Morgan fingerprint density at radius 1 is 1.00 bits per heavy atom. The molecule has 5 nitrogen and oxygen atoms in total. The Balaban J connectivity index is 1.58. The van der Waals surface area contributed by atoms with E-state index in [0.717, 1.165) is 26.3 Å². The summed E-state index contributed by atoms with van der Waals surface area (Å²) in [6, 6.07) is 22.4. The fourth-order valence-electron chi connectivity index (χ4n) is 2.94. The second-order valence-corrected chi connectivity index (χ2v) is 7.29. The van der Waals surface area contributed by atoms with Crippen molar-refractivity contribution in [1.82, 2.24) is 9.97 Å². The van der Waals surface area contributed by atoms with E-state index in [1.54, 1.807) is 11.3 Å². The van der Waals surface area contributed by atoms with Crippen LogP contribution in [0.3, 0.4) is 0 Å². The fourth-order valence-corrected chi connectivity index (χ4v) is 3.98. The van der Waals surface area contributed by atoms with E-state index in [0.29, 0.717) is 18.7 Å². The highest BCUT2D eigenvalue weighted by Crippen LogP contribution is 2.32.